The van der Waals surface area contributed by atoms with Gasteiger partial charge in [0.05, 0.1) is 27.7 Å². The molecule has 1 aliphatic carbocycles. The average molecular weight is 481 g/mol. The van der Waals surface area contributed by atoms with Crippen LogP contribution in [0.25, 0.3) is 10.2 Å². The van der Waals surface area contributed by atoms with Crippen molar-refractivity contribution in [2.75, 3.05) is 13.7 Å². The van der Waals surface area contributed by atoms with Crippen LogP contribution in [0.4, 0.5) is 0 Å². The molecule has 0 radical (unpaired) electrons. The predicted molar refractivity (Wildman–Crippen MR) is 129 cm³/mol. The zero-order valence-corrected chi connectivity index (χ0v) is 19.9. The molecular formula is C26H28N2O5S. The van der Waals surface area contributed by atoms with E-state index in [0.717, 1.165) is 33.6 Å². The minimum absolute atomic E-state index is 0.286. The second kappa shape index (κ2) is 10.8. The van der Waals surface area contributed by atoms with Crippen LogP contribution in [0.1, 0.15) is 36.3 Å². The van der Waals surface area contributed by atoms with Gasteiger partial charge in [0, 0.05) is 12.8 Å². The van der Waals surface area contributed by atoms with Crippen molar-refractivity contribution in [2.45, 2.75) is 44.6 Å². The highest BCUT2D eigenvalue weighted by Crippen LogP contribution is 2.43. The van der Waals surface area contributed by atoms with E-state index in [0.29, 0.717) is 19.3 Å². The van der Waals surface area contributed by atoms with Gasteiger partial charge in [-0.15, -0.1) is 11.3 Å². The molecule has 1 heterocycles. The lowest BCUT2D eigenvalue weighted by Gasteiger charge is -2.25. The van der Waals surface area contributed by atoms with Crippen molar-refractivity contribution in [3.05, 3.63) is 65.2 Å². The summed E-state index contributed by atoms with van der Waals surface area (Å²) in [6.45, 7) is -0.442. The second-order valence-corrected chi connectivity index (χ2v) is 9.76. The smallest absolute Gasteiger partial charge is 0.328 e. The van der Waals surface area contributed by atoms with Crippen molar-refractivity contribution in [3.8, 4) is 0 Å². The van der Waals surface area contributed by atoms with Crippen molar-refractivity contribution in [2.24, 2.45) is 5.41 Å². The Balaban J connectivity index is 1.38. The van der Waals surface area contributed by atoms with Crippen LogP contribution in [0, 0.1) is 5.41 Å². The Bertz CT molecular complexity index is 1120. The third kappa shape index (κ3) is 5.62. The third-order valence-electron chi connectivity index (χ3n) is 6.26. The lowest BCUT2D eigenvalue weighted by Crippen LogP contribution is -2.45. The number of para-hydroxylation sites is 1. The van der Waals surface area contributed by atoms with Gasteiger partial charge in [-0.1, -0.05) is 55.3 Å². The van der Waals surface area contributed by atoms with Gasteiger partial charge in [-0.05, 0) is 30.5 Å². The normalized spacial score (nSPS) is 15.6. The number of methoxy groups -OCH3 is 1. The lowest BCUT2D eigenvalue weighted by molar-refractivity contribution is -0.159. The molecule has 1 aliphatic rings. The summed E-state index contributed by atoms with van der Waals surface area (Å²) in [6.07, 6.45) is 4.09. The fraction of sp³-hybridized carbons (Fsp3) is 0.385. The molecule has 3 aromatic rings. The molecule has 1 unspecified atom stereocenters. The molecule has 8 heteroatoms. The Morgan fingerprint density at radius 1 is 1.06 bits per heavy atom. The first-order valence-corrected chi connectivity index (χ1v) is 12.2. The van der Waals surface area contributed by atoms with Crippen LogP contribution in [-0.4, -0.2) is 42.6 Å². The Kier molecular flexibility index (Phi) is 7.57. The summed E-state index contributed by atoms with van der Waals surface area (Å²) in [5.74, 6) is -1.46. The number of amides is 1. The highest BCUT2D eigenvalue weighted by molar-refractivity contribution is 7.18. The zero-order chi connectivity index (χ0) is 24.0. The minimum atomic E-state index is -0.859. The van der Waals surface area contributed by atoms with Gasteiger partial charge < -0.3 is 14.8 Å². The molecule has 0 spiro atoms. The van der Waals surface area contributed by atoms with Crippen LogP contribution in [0.15, 0.2) is 54.6 Å². The number of hydrogen-bond donors (Lipinski definition) is 1. The molecular weight excluding hydrogens is 452 g/mol. The van der Waals surface area contributed by atoms with Gasteiger partial charge in [0.1, 0.15) is 6.04 Å². The van der Waals surface area contributed by atoms with E-state index in [4.69, 9.17) is 9.47 Å². The molecule has 1 amide bonds. The molecule has 1 aromatic heterocycles. The van der Waals surface area contributed by atoms with Crippen LogP contribution < -0.4 is 5.32 Å². The van der Waals surface area contributed by atoms with Crippen molar-refractivity contribution in [1.29, 1.82) is 0 Å². The molecule has 0 aliphatic heterocycles. The molecule has 7 nitrogen and oxygen atoms in total. The number of esters is 2. The summed E-state index contributed by atoms with van der Waals surface area (Å²) in [4.78, 5) is 42.6. The molecule has 34 heavy (non-hydrogen) atoms. The fourth-order valence-electron chi connectivity index (χ4n) is 4.50. The quantitative estimate of drug-likeness (QED) is 0.468. The zero-order valence-electron chi connectivity index (χ0n) is 19.1. The highest BCUT2D eigenvalue weighted by Gasteiger charge is 2.43. The first kappa shape index (κ1) is 23.9. The number of hydrogen-bond acceptors (Lipinski definition) is 7. The summed E-state index contributed by atoms with van der Waals surface area (Å²) in [6, 6.07) is 16.4. The monoisotopic (exact) mass is 480 g/mol. The van der Waals surface area contributed by atoms with Gasteiger partial charge in [0.25, 0.3) is 5.91 Å². The van der Waals surface area contributed by atoms with Gasteiger partial charge in [0.15, 0.2) is 6.61 Å². The molecule has 178 valence electrons. The topological polar surface area (TPSA) is 94.6 Å². The van der Waals surface area contributed by atoms with Crippen molar-refractivity contribution < 1.29 is 23.9 Å². The molecule has 4 rings (SSSR count). The Labute approximate surface area is 202 Å². The molecule has 1 N–H and O–H groups in total. The van der Waals surface area contributed by atoms with Gasteiger partial charge in [-0.2, -0.15) is 0 Å². The number of ether oxygens (including phenoxy) is 2. The number of carbonyl (C=O) groups excluding carboxylic acids is 3. The van der Waals surface area contributed by atoms with Crippen LogP contribution in [-0.2, 0) is 36.7 Å². The number of rotatable bonds is 9. The molecule has 2 aromatic carbocycles. The molecule has 1 saturated carbocycles. The van der Waals surface area contributed by atoms with Crippen molar-refractivity contribution >= 4 is 39.4 Å². The molecule has 1 atom stereocenters. The predicted octanol–water partition coefficient (Wildman–Crippen LogP) is 3.84. The second-order valence-electron chi connectivity index (χ2n) is 8.65. The maximum atomic E-state index is 13.1. The van der Waals surface area contributed by atoms with Crippen LogP contribution in [0.2, 0.25) is 0 Å². The molecule has 1 fully saturated rings. The largest absolute Gasteiger partial charge is 0.467 e. The number of nitrogens with zero attached hydrogens (tertiary/aromatic N) is 1. The molecule has 0 bridgehead atoms. The summed E-state index contributed by atoms with van der Waals surface area (Å²) in [5, 5.41) is 3.54. The maximum absolute atomic E-state index is 13.1. The fourth-order valence-corrected chi connectivity index (χ4v) is 5.61. The van der Waals surface area contributed by atoms with E-state index in [2.05, 4.69) is 10.3 Å². The third-order valence-corrected chi connectivity index (χ3v) is 7.30. The van der Waals surface area contributed by atoms with Crippen LogP contribution >= 0.6 is 11.3 Å². The van der Waals surface area contributed by atoms with Gasteiger partial charge >= 0.3 is 11.9 Å². The Hall–Kier alpha value is -3.26. The van der Waals surface area contributed by atoms with Crippen molar-refractivity contribution in [1.82, 2.24) is 10.3 Å². The Morgan fingerprint density at radius 2 is 1.76 bits per heavy atom. The first-order chi connectivity index (χ1) is 16.5. The van der Waals surface area contributed by atoms with E-state index in [9.17, 15) is 14.4 Å². The lowest BCUT2D eigenvalue weighted by atomic mass is 9.83. The number of nitrogens with one attached hydrogen (secondary N) is 1. The number of aromatic nitrogens is 1. The summed E-state index contributed by atoms with van der Waals surface area (Å²) in [7, 11) is 1.28. The van der Waals surface area contributed by atoms with E-state index < -0.39 is 29.9 Å². The average Bonchev–Trinajstić information content (AvgIpc) is 3.49. The number of thiazole rings is 1. The number of carbonyl (C=O) groups is 3. The van der Waals surface area contributed by atoms with E-state index in [1.54, 1.807) is 11.3 Å². The number of fused-ring (bicyclic) bond motifs is 1. The standard InChI is InChI=1S/C26H28N2O5S/c1-32-24(30)20(15-18-9-3-2-4-10-18)27-22(29)17-33-25(31)26(13-7-8-14-26)16-23-28-19-11-5-6-12-21(19)34-23/h2-6,9-12,20H,7-8,13-17H2,1H3,(H,27,29). The van der Waals surface area contributed by atoms with E-state index >= 15 is 0 Å². The van der Waals surface area contributed by atoms with Crippen LogP contribution in [0.3, 0.4) is 0 Å². The summed E-state index contributed by atoms with van der Waals surface area (Å²) >= 11 is 1.59. The van der Waals surface area contributed by atoms with Crippen LogP contribution in [0.5, 0.6) is 0 Å². The Morgan fingerprint density at radius 3 is 2.47 bits per heavy atom. The van der Waals surface area contributed by atoms with E-state index in [-0.39, 0.29) is 12.4 Å². The minimum Gasteiger partial charge on any atom is -0.467 e. The van der Waals surface area contributed by atoms with Crippen molar-refractivity contribution in [3.63, 3.8) is 0 Å². The van der Waals surface area contributed by atoms with E-state index in [1.807, 2.05) is 54.6 Å². The van der Waals surface area contributed by atoms with Gasteiger partial charge in [-0.3, -0.25) is 9.59 Å². The highest BCUT2D eigenvalue weighted by atomic mass is 32.1. The summed E-state index contributed by atoms with van der Waals surface area (Å²) < 4.78 is 11.4. The molecule has 0 saturated heterocycles. The van der Waals surface area contributed by atoms with Gasteiger partial charge in [-0.25, -0.2) is 9.78 Å². The number of benzene rings is 2. The SMILES string of the molecule is COC(=O)C(Cc1ccccc1)NC(=O)COC(=O)C1(Cc2nc3ccccc3s2)CCCC1. The maximum Gasteiger partial charge on any atom is 0.328 e. The van der Waals surface area contributed by atoms with E-state index in [1.165, 1.54) is 7.11 Å². The first-order valence-electron chi connectivity index (χ1n) is 11.4. The van der Waals surface area contributed by atoms with Gasteiger partial charge in [0.2, 0.25) is 0 Å². The summed E-state index contributed by atoms with van der Waals surface area (Å²) in [5.41, 5.74) is 1.14.